The Morgan fingerprint density at radius 3 is 2.42 bits per heavy atom. The fourth-order valence-corrected chi connectivity index (χ4v) is 2.90. The van der Waals surface area contributed by atoms with Gasteiger partial charge in [0.15, 0.2) is 5.96 Å². The molecular formula is C19H28N6O. The van der Waals surface area contributed by atoms with E-state index in [1.807, 2.05) is 38.1 Å². The van der Waals surface area contributed by atoms with E-state index in [9.17, 15) is 4.79 Å². The minimum atomic E-state index is 0.0803. The smallest absolute Gasteiger partial charge is 0.234 e. The van der Waals surface area contributed by atoms with Crippen LogP contribution in [0.2, 0.25) is 0 Å². The maximum Gasteiger partial charge on any atom is 0.234 e. The first-order valence-electron chi connectivity index (χ1n) is 8.98. The van der Waals surface area contributed by atoms with Crippen molar-refractivity contribution in [1.29, 1.82) is 5.26 Å². The lowest BCUT2D eigenvalue weighted by Gasteiger charge is -2.36. The van der Waals surface area contributed by atoms with Gasteiger partial charge in [-0.1, -0.05) is 12.1 Å². The Kier molecular flexibility index (Phi) is 7.42. The van der Waals surface area contributed by atoms with Crippen LogP contribution in [0.1, 0.15) is 25.0 Å². The molecule has 1 saturated heterocycles. The molecule has 1 aromatic carbocycles. The van der Waals surface area contributed by atoms with Crippen LogP contribution in [0.25, 0.3) is 0 Å². The summed E-state index contributed by atoms with van der Waals surface area (Å²) in [7, 11) is 1.78. The minimum absolute atomic E-state index is 0.0803. The van der Waals surface area contributed by atoms with E-state index in [2.05, 4.69) is 31.5 Å². The SMILES string of the molecule is CN=C(NCc1ccc(C#N)cc1)N1CCN(CC(=O)NC(C)C)CC1. The molecule has 0 aliphatic carbocycles. The van der Waals surface area contributed by atoms with Crippen LogP contribution in [-0.4, -0.2) is 67.5 Å². The van der Waals surface area contributed by atoms with Crippen molar-refractivity contribution in [3.8, 4) is 6.07 Å². The maximum atomic E-state index is 11.9. The molecule has 1 aliphatic heterocycles. The van der Waals surface area contributed by atoms with E-state index in [1.165, 1.54) is 0 Å². The molecule has 2 rings (SSSR count). The number of benzene rings is 1. The van der Waals surface area contributed by atoms with Crippen LogP contribution in [-0.2, 0) is 11.3 Å². The number of piperazine rings is 1. The van der Waals surface area contributed by atoms with Crippen LogP contribution in [0.4, 0.5) is 0 Å². The monoisotopic (exact) mass is 356 g/mol. The fourth-order valence-electron chi connectivity index (χ4n) is 2.90. The van der Waals surface area contributed by atoms with Crippen molar-refractivity contribution in [2.75, 3.05) is 39.8 Å². The molecule has 26 heavy (non-hydrogen) atoms. The van der Waals surface area contributed by atoms with Crippen LogP contribution in [0, 0.1) is 11.3 Å². The van der Waals surface area contributed by atoms with Crippen molar-refractivity contribution in [1.82, 2.24) is 20.4 Å². The number of carbonyl (C=O) groups excluding carboxylic acids is 1. The number of nitriles is 1. The average molecular weight is 356 g/mol. The molecule has 7 heteroatoms. The summed E-state index contributed by atoms with van der Waals surface area (Å²) in [6, 6.07) is 9.84. The highest BCUT2D eigenvalue weighted by molar-refractivity contribution is 5.80. The zero-order valence-corrected chi connectivity index (χ0v) is 15.8. The Morgan fingerprint density at radius 2 is 1.88 bits per heavy atom. The predicted octanol–water partition coefficient (Wildman–Crippen LogP) is 0.776. The van der Waals surface area contributed by atoms with Gasteiger partial charge in [-0.05, 0) is 31.5 Å². The normalized spacial score (nSPS) is 15.7. The molecule has 0 aromatic heterocycles. The second-order valence-electron chi connectivity index (χ2n) is 6.69. The molecule has 1 amide bonds. The van der Waals surface area contributed by atoms with Gasteiger partial charge in [-0.15, -0.1) is 0 Å². The number of hydrogen-bond donors (Lipinski definition) is 2. The first-order chi connectivity index (χ1) is 12.5. The summed E-state index contributed by atoms with van der Waals surface area (Å²) in [6.07, 6.45) is 0. The molecule has 0 spiro atoms. The highest BCUT2D eigenvalue weighted by atomic mass is 16.2. The zero-order valence-electron chi connectivity index (χ0n) is 15.8. The van der Waals surface area contributed by atoms with E-state index in [-0.39, 0.29) is 11.9 Å². The number of hydrogen-bond acceptors (Lipinski definition) is 4. The third-order valence-corrected chi connectivity index (χ3v) is 4.23. The summed E-state index contributed by atoms with van der Waals surface area (Å²) < 4.78 is 0. The lowest BCUT2D eigenvalue weighted by Crippen LogP contribution is -2.54. The summed E-state index contributed by atoms with van der Waals surface area (Å²) in [4.78, 5) is 20.6. The number of nitrogens with one attached hydrogen (secondary N) is 2. The molecule has 140 valence electrons. The van der Waals surface area contributed by atoms with E-state index in [0.717, 1.165) is 37.7 Å². The standard InChI is InChI=1S/C19H28N6O/c1-15(2)23-18(26)14-24-8-10-25(11-9-24)19(21-3)22-13-17-6-4-16(12-20)5-7-17/h4-7,15H,8-11,13-14H2,1-3H3,(H,21,22)(H,23,26). The molecule has 1 aliphatic rings. The van der Waals surface area contributed by atoms with Gasteiger partial charge >= 0.3 is 0 Å². The molecule has 0 atom stereocenters. The Bertz CT molecular complexity index is 654. The number of nitrogens with zero attached hydrogens (tertiary/aromatic N) is 4. The van der Waals surface area contributed by atoms with Crippen molar-refractivity contribution in [2.45, 2.75) is 26.4 Å². The second-order valence-corrected chi connectivity index (χ2v) is 6.69. The van der Waals surface area contributed by atoms with Crippen LogP contribution < -0.4 is 10.6 Å². The quantitative estimate of drug-likeness (QED) is 0.602. The van der Waals surface area contributed by atoms with Gasteiger partial charge in [0.05, 0.1) is 18.2 Å². The fraction of sp³-hybridized carbons (Fsp3) is 0.526. The zero-order chi connectivity index (χ0) is 18.9. The predicted molar refractivity (Wildman–Crippen MR) is 103 cm³/mol. The largest absolute Gasteiger partial charge is 0.353 e. The summed E-state index contributed by atoms with van der Waals surface area (Å²) in [6.45, 7) is 8.40. The molecule has 7 nitrogen and oxygen atoms in total. The summed E-state index contributed by atoms with van der Waals surface area (Å²) >= 11 is 0. The van der Waals surface area contributed by atoms with Gasteiger partial charge in [0.1, 0.15) is 0 Å². The van der Waals surface area contributed by atoms with Crippen molar-refractivity contribution >= 4 is 11.9 Å². The van der Waals surface area contributed by atoms with E-state index >= 15 is 0 Å². The Balaban J connectivity index is 1.79. The van der Waals surface area contributed by atoms with Crippen LogP contribution in [0.5, 0.6) is 0 Å². The number of aliphatic imine (C=N–C) groups is 1. The summed E-state index contributed by atoms with van der Waals surface area (Å²) in [5, 5.41) is 15.2. The van der Waals surface area contributed by atoms with Gasteiger partial charge < -0.3 is 15.5 Å². The first kappa shape index (κ1) is 19.7. The molecule has 0 bridgehead atoms. The molecule has 0 saturated carbocycles. The molecular weight excluding hydrogens is 328 g/mol. The van der Waals surface area contributed by atoms with E-state index in [0.29, 0.717) is 18.7 Å². The topological polar surface area (TPSA) is 83.8 Å². The number of rotatable bonds is 5. The third kappa shape index (κ3) is 6.05. The van der Waals surface area contributed by atoms with E-state index < -0.39 is 0 Å². The van der Waals surface area contributed by atoms with Crippen LogP contribution in [0.3, 0.4) is 0 Å². The van der Waals surface area contributed by atoms with Crippen molar-refractivity contribution in [2.24, 2.45) is 4.99 Å². The highest BCUT2D eigenvalue weighted by Gasteiger charge is 2.21. The van der Waals surface area contributed by atoms with Crippen LogP contribution >= 0.6 is 0 Å². The molecule has 1 heterocycles. The summed E-state index contributed by atoms with van der Waals surface area (Å²) in [5.41, 5.74) is 1.77. The van der Waals surface area contributed by atoms with Gasteiger partial charge in [-0.3, -0.25) is 14.7 Å². The molecule has 2 N–H and O–H groups in total. The average Bonchev–Trinajstić information content (AvgIpc) is 2.63. The van der Waals surface area contributed by atoms with Gasteiger partial charge in [0.2, 0.25) is 5.91 Å². The second kappa shape index (κ2) is 9.78. The molecule has 0 unspecified atom stereocenters. The van der Waals surface area contributed by atoms with Gasteiger partial charge in [-0.2, -0.15) is 5.26 Å². The first-order valence-corrected chi connectivity index (χ1v) is 8.98. The molecule has 1 aromatic rings. The molecule has 0 radical (unpaired) electrons. The summed E-state index contributed by atoms with van der Waals surface area (Å²) in [5.74, 6) is 0.942. The lowest BCUT2D eigenvalue weighted by molar-refractivity contribution is -0.123. The lowest BCUT2D eigenvalue weighted by atomic mass is 10.1. The van der Waals surface area contributed by atoms with E-state index in [1.54, 1.807) is 7.05 Å². The van der Waals surface area contributed by atoms with Crippen molar-refractivity contribution in [3.05, 3.63) is 35.4 Å². The maximum absolute atomic E-state index is 11.9. The Hall–Kier alpha value is -2.59. The van der Waals surface area contributed by atoms with Crippen LogP contribution in [0.15, 0.2) is 29.3 Å². The van der Waals surface area contributed by atoms with Gasteiger partial charge in [0.25, 0.3) is 0 Å². The third-order valence-electron chi connectivity index (χ3n) is 4.23. The number of amides is 1. The highest BCUT2D eigenvalue weighted by Crippen LogP contribution is 2.05. The Labute approximate surface area is 155 Å². The van der Waals surface area contributed by atoms with Crippen molar-refractivity contribution in [3.63, 3.8) is 0 Å². The number of carbonyl (C=O) groups is 1. The Morgan fingerprint density at radius 1 is 1.23 bits per heavy atom. The minimum Gasteiger partial charge on any atom is -0.353 e. The van der Waals surface area contributed by atoms with E-state index in [4.69, 9.17) is 5.26 Å². The number of guanidine groups is 1. The molecule has 1 fully saturated rings. The van der Waals surface area contributed by atoms with Crippen molar-refractivity contribution < 1.29 is 4.79 Å². The van der Waals surface area contributed by atoms with Gasteiger partial charge in [-0.25, -0.2) is 0 Å². The van der Waals surface area contributed by atoms with Gasteiger partial charge in [0, 0.05) is 45.8 Å².